The van der Waals surface area contributed by atoms with Gasteiger partial charge in [0.2, 0.25) is 0 Å². The largest absolute Gasteiger partial charge is 0.369 e. The highest BCUT2D eigenvalue weighted by atomic mass is 32.1. The molecule has 2 heterocycles. The first-order valence-corrected chi connectivity index (χ1v) is 5.70. The smallest absolute Gasteiger partial charge is 0.255 e. The number of methoxy groups -OCH3 is 1. The Morgan fingerprint density at radius 1 is 1.73 bits per heavy atom. The van der Waals surface area contributed by atoms with Crippen molar-refractivity contribution in [3.8, 4) is 0 Å². The van der Waals surface area contributed by atoms with Gasteiger partial charge in [0, 0.05) is 13.7 Å². The number of nitrogens with zero attached hydrogens (tertiary/aromatic N) is 1. The van der Waals surface area contributed by atoms with Gasteiger partial charge in [0.25, 0.3) is 5.91 Å². The first kappa shape index (κ1) is 10.4. The summed E-state index contributed by atoms with van der Waals surface area (Å²) >= 11 is 1.63. The van der Waals surface area contributed by atoms with E-state index >= 15 is 0 Å². The maximum Gasteiger partial charge on any atom is 0.255 e. The summed E-state index contributed by atoms with van der Waals surface area (Å²) < 4.78 is 5.19. The van der Waals surface area contributed by atoms with Crippen LogP contribution in [-0.4, -0.2) is 30.6 Å². The molecule has 2 atom stereocenters. The van der Waals surface area contributed by atoms with Gasteiger partial charge in [0.1, 0.15) is 0 Å². The van der Waals surface area contributed by atoms with E-state index < -0.39 is 0 Å². The normalized spacial score (nSPS) is 25.1. The van der Waals surface area contributed by atoms with Crippen LogP contribution >= 0.6 is 11.3 Å². The fraction of sp³-hybridized carbons (Fsp3) is 0.364. The Morgan fingerprint density at radius 2 is 2.53 bits per heavy atom. The van der Waals surface area contributed by atoms with E-state index in [1.807, 2.05) is 11.4 Å². The van der Waals surface area contributed by atoms with Crippen molar-refractivity contribution in [3.05, 3.63) is 35.0 Å². The average molecular weight is 223 g/mol. The maximum atomic E-state index is 11.6. The quantitative estimate of drug-likeness (QED) is 0.575. The van der Waals surface area contributed by atoms with Crippen LogP contribution < -0.4 is 0 Å². The Kier molecular flexibility index (Phi) is 2.88. The zero-order valence-electron chi connectivity index (χ0n) is 8.55. The van der Waals surface area contributed by atoms with Gasteiger partial charge in [-0.1, -0.05) is 6.08 Å². The summed E-state index contributed by atoms with van der Waals surface area (Å²) in [5.74, 6) is 0.0496. The maximum absolute atomic E-state index is 11.6. The van der Waals surface area contributed by atoms with Crippen molar-refractivity contribution in [2.24, 2.45) is 0 Å². The van der Waals surface area contributed by atoms with Crippen LogP contribution in [0.2, 0.25) is 0 Å². The Bertz CT molecular complexity index is 361. The van der Waals surface area contributed by atoms with Crippen LogP contribution in [0.25, 0.3) is 0 Å². The predicted octanol–water partition coefficient (Wildman–Crippen LogP) is 1.83. The van der Waals surface area contributed by atoms with E-state index in [-0.39, 0.29) is 18.1 Å². The first-order chi connectivity index (χ1) is 7.29. The third-order valence-electron chi connectivity index (χ3n) is 2.61. The van der Waals surface area contributed by atoms with E-state index in [9.17, 15) is 4.79 Å². The Labute approximate surface area is 93.0 Å². The van der Waals surface area contributed by atoms with Crippen LogP contribution in [0.3, 0.4) is 0 Å². The van der Waals surface area contributed by atoms with Crippen molar-refractivity contribution in [2.45, 2.75) is 12.1 Å². The van der Waals surface area contributed by atoms with Crippen molar-refractivity contribution in [1.82, 2.24) is 4.90 Å². The second kappa shape index (κ2) is 4.16. The molecule has 0 N–H and O–H groups in total. The molecule has 0 unspecified atom stereocenters. The number of amides is 1. The number of likely N-dealkylation sites (tertiary alicyclic amines) is 1. The molecular formula is C11H13NO2S. The van der Waals surface area contributed by atoms with Crippen molar-refractivity contribution < 1.29 is 9.53 Å². The van der Waals surface area contributed by atoms with E-state index in [0.717, 1.165) is 5.56 Å². The van der Waals surface area contributed by atoms with Gasteiger partial charge in [0.15, 0.2) is 6.10 Å². The summed E-state index contributed by atoms with van der Waals surface area (Å²) in [7, 11) is 1.58. The van der Waals surface area contributed by atoms with E-state index in [1.165, 1.54) is 0 Å². The predicted molar refractivity (Wildman–Crippen MR) is 59.8 cm³/mol. The second-order valence-electron chi connectivity index (χ2n) is 3.44. The number of β-lactam (4-membered cyclic amide) rings is 1. The summed E-state index contributed by atoms with van der Waals surface area (Å²) in [5.41, 5.74) is 1.15. The molecule has 1 aliphatic rings. The fourth-order valence-corrected chi connectivity index (χ4v) is 2.58. The Hall–Kier alpha value is -1.13. The standard InChI is InChI=1S/C11H13NO2S/c1-3-5-12-9(8-4-6-15-7-8)10(14-2)11(12)13/h3-4,6-7,9-10H,1,5H2,2H3/t9-,10-/m1/s1. The van der Waals surface area contributed by atoms with Crippen LogP contribution in [0.15, 0.2) is 29.5 Å². The average Bonchev–Trinajstić information content (AvgIpc) is 2.74. The van der Waals surface area contributed by atoms with E-state index in [2.05, 4.69) is 12.0 Å². The third kappa shape index (κ3) is 1.60. The molecule has 1 aliphatic heterocycles. The molecule has 0 saturated carbocycles. The van der Waals surface area contributed by atoms with Crippen molar-refractivity contribution in [2.75, 3.05) is 13.7 Å². The monoisotopic (exact) mass is 223 g/mol. The lowest BCUT2D eigenvalue weighted by atomic mass is 9.92. The molecule has 0 bridgehead atoms. The second-order valence-corrected chi connectivity index (χ2v) is 4.22. The molecule has 3 nitrogen and oxygen atoms in total. The molecule has 15 heavy (non-hydrogen) atoms. The minimum atomic E-state index is -0.320. The summed E-state index contributed by atoms with van der Waals surface area (Å²) in [6, 6.07) is 2.09. The van der Waals surface area contributed by atoms with E-state index in [1.54, 1.807) is 29.4 Å². The van der Waals surface area contributed by atoms with Gasteiger partial charge in [-0.05, 0) is 22.4 Å². The third-order valence-corrected chi connectivity index (χ3v) is 3.31. The zero-order chi connectivity index (χ0) is 10.8. The van der Waals surface area contributed by atoms with Crippen LogP contribution in [0, 0.1) is 0 Å². The number of carbonyl (C=O) groups is 1. The highest BCUT2D eigenvalue weighted by Gasteiger charge is 2.47. The summed E-state index contributed by atoms with van der Waals surface area (Å²) in [6.07, 6.45) is 1.42. The molecular weight excluding hydrogens is 210 g/mol. The van der Waals surface area contributed by atoms with Gasteiger partial charge in [-0.2, -0.15) is 11.3 Å². The van der Waals surface area contributed by atoms with Crippen molar-refractivity contribution in [1.29, 1.82) is 0 Å². The molecule has 1 aromatic heterocycles. The molecule has 1 amide bonds. The van der Waals surface area contributed by atoms with Crippen molar-refractivity contribution in [3.63, 3.8) is 0 Å². The zero-order valence-corrected chi connectivity index (χ0v) is 9.37. The van der Waals surface area contributed by atoms with Crippen molar-refractivity contribution >= 4 is 17.2 Å². The number of hydrogen-bond acceptors (Lipinski definition) is 3. The number of thiophene rings is 1. The van der Waals surface area contributed by atoms with Gasteiger partial charge in [-0.3, -0.25) is 4.79 Å². The molecule has 0 radical (unpaired) electrons. The minimum Gasteiger partial charge on any atom is -0.369 e. The molecule has 4 heteroatoms. The molecule has 80 valence electrons. The van der Waals surface area contributed by atoms with E-state index in [4.69, 9.17) is 4.74 Å². The molecule has 0 aromatic carbocycles. The number of ether oxygens (including phenoxy) is 1. The molecule has 0 aliphatic carbocycles. The lowest BCUT2D eigenvalue weighted by molar-refractivity contribution is -0.169. The number of carbonyl (C=O) groups excluding carboxylic acids is 1. The molecule has 2 rings (SSSR count). The Balaban J connectivity index is 2.20. The van der Waals surface area contributed by atoms with Gasteiger partial charge < -0.3 is 9.64 Å². The van der Waals surface area contributed by atoms with E-state index in [0.29, 0.717) is 6.54 Å². The first-order valence-electron chi connectivity index (χ1n) is 4.76. The van der Waals surface area contributed by atoms with Crippen LogP contribution in [0.4, 0.5) is 0 Å². The number of hydrogen-bond donors (Lipinski definition) is 0. The van der Waals surface area contributed by atoms with Crippen LogP contribution in [0.1, 0.15) is 11.6 Å². The minimum absolute atomic E-state index is 0.0496. The number of rotatable bonds is 4. The van der Waals surface area contributed by atoms with Crippen LogP contribution in [-0.2, 0) is 9.53 Å². The molecule has 1 saturated heterocycles. The fourth-order valence-electron chi connectivity index (χ4n) is 1.89. The van der Waals surface area contributed by atoms with Crippen LogP contribution in [0.5, 0.6) is 0 Å². The van der Waals surface area contributed by atoms with Gasteiger partial charge in [-0.15, -0.1) is 6.58 Å². The highest BCUT2D eigenvalue weighted by molar-refractivity contribution is 7.08. The summed E-state index contributed by atoms with van der Waals surface area (Å²) in [5, 5.41) is 4.07. The van der Waals surface area contributed by atoms with Gasteiger partial charge >= 0.3 is 0 Å². The highest BCUT2D eigenvalue weighted by Crippen LogP contribution is 2.37. The summed E-state index contributed by atoms with van der Waals surface area (Å²) in [4.78, 5) is 13.4. The lowest BCUT2D eigenvalue weighted by Gasteiger charge is -2.45. The topological polar surface area (TPSA) is 29.5 Å². The molecule has 1 aromatic rings. The molecule has 1 fully saturated rings. The van der Waals surface area contributed by atoms with Gasteiger partial charge in [0.05, 0.1) is 6.04 Å². The molecule has 0 spiro atoms. The summed E-state index contributed by atoms with van der Waals surface area (Å²) in [6.45, 7) is 4.23. The SMILES string of the molecule is C=CCN1C(=O)[C@H](OC)[C@H]1c1ccsc1. The lowest BCUT2D eigenvalue weighted by Crippen LogP contribution is -2.59. The van der Waals surface area contributed by atoms with Gasteiger partial charge in [-0.25, -0.2) is 0 Å². The Morgan fingerprint density at radius 3 is 3.07 bits per heavy atom.